The Morgan fingerprint density at radius 2 is 1.66 bits per heavy atom. The molecule has 0 radical (unpaired) electrons. The van der Waals surface area contributed by atoms with E-state index in [1.807, 2.05) is 19.1 Å². The highest BCUT2D eigenvalue weighted by molar-refractivity contribution is 7.90. The van der Waals surface area contributed by atoms with Crippen molar-refractivity contribution in [3.63, 3.8) is 0 Å². The Morgan fingerprint density at radius 1 is 1.00 bits per heavy atom. The molecule has 3 aromatic carbocycles. The lowest BCUT2D eigenvalue weighted by Gasteiger charge is -2.34. The van der Waals surface area contributed by atoms with Crippen LogP contribution >= 0.6 is 0 Å². The summed E-state index contributed by atoms with van der Waals surface area (Å²) in [6.45, 7) is 3.20. The van der Waals surface area contributed by atoms with Crippen LogP contribution in [-0.4, -0.2) is 50.2 Å². The number of amides is 2. The number of fused-ring (bicyclic) bond motifs is 1. The van der Waals surface area contributed by atoms with E-state index < -0.39 is 22.0 Å². The second-order valence-corrected chi connectivity index (χ2v) is 10.4. The Hall–Kier alpha value is -3.27. The van der Waals surface area contributed by atoms with Crippen LogP contribution in [0.15, 0.2) is 65.6 Å². The van der Waals surface area contributed by atoms with E-state index in [0.29, 0.717) is 48.0 Å². The zero-order valence-corrected chi connectivity index (χ0v) is 20.5. The van der Waals surface area contributed by atoms with E-state index in [1.165, 1.54) is 6.07 Å². The molecule has 3 aromatic rings. The minimum absolute atomic E-state index is 0.0332. The Labute approximate surface area is 205 Å². The van der Waals surface area contributed by atoms with Crippen molar-refractivity contribution in [3.8, 4) is 0 Å². The first-order valence-electron chi connectivity index (χ1n) is 11.7. The van der Waals surface area contributed by atoms with Gasteiger partial charge in [-0.25, -0.2) is 12.7 Å². The number of hydrogen-bond donors (Lipinski definition) is 3. The third-order valence-electron chi connectivity index (χ3n) is 6.30. The number of aryl methyl sites for hydroxylation is 1. The van der Waals surface area contributed by atoms with Crippen LogP contribution in [0.2, 0.25) is 0 Å². The number of hydrogen-bond acceptors (Lipinski definition) is 6. The second-order valence-electron chi connectivity index (χ2n) is 8.64. The number of nitrogens with two attached hydrogens (primary N) is 1. The summed E-state index contributed by atoms with van der Waals surface area (Å²) in [6.07, 6.45) is 1.03. The maximum Gasteiger partial charge on any atom is 0.267 e. The van der Waals surface area contributed by atoms with Gasteiger partial charge in [0, 0.05) is 35.0 Å². The topological polar surface area (TPSA) is 122 Å². The number of anilines is 1. The first-order valence-corrected chi connectivity index (χ1v) is 13.2. The highest BCUT2D eigenvalue weighted by atomic mass is 32.2. The summed E-state index contributed by atoms with van der Waals surface area (Å²) in [6, 6.07) is 16.9. The van der Waals surface area contributed by atoms with Crippen LogP contribution in [0.1, 0.15) is 35.2 Å². The molecule has 1 heterocycles. The summed E-state index contributed by atoms with van der Waals surface area (Å²) in [5.74, 6) is -0.779. The number of nitrogens with zero attached hydrogens (tertiary/aromatic N) is 1. The third-order valence-corrected chi connectivity index (χ3v) is 8.23. The maximum absolute atomic E-state index is 13.9. The molecule has 0 aliphatic carbocycles. The Bertz CT molecular complexity index is 1350. The van der Waals surface area contributed by atoms with Gasteiger partial charge in [0.05, 0.1) is 10.9 Å². The molecular formula is C26H30N4O4S. The van der Waals surface area contributed by atoms with Crippen molar-refractivity contribution >= 4 is 38.3 Å². The van der Waals surface area contributed by atoms with E-state index in [0.717, 1.165) is 9.87 Å². The zero-order valence-electron chi connectivity index (χ0n) is 19.7. The quantitative estimate of drug-likeness (QED) is 0.464. The second kappa shape index (κ2) is 10.6. The molecule has 0 aromatic heterocycles. The first-order chi connectivity index (χ1) is 16.8. The molecule has 1 aliphatic heterocycles. The molecule has 2 amide bonds. The van der Waals surface area contributed by atoms with Gasteiger partial charge in [0.25, 0.3) is 15.9 Å². The maximum atomic E-state index is 13.9. The normalized spacial score (nSPS) is 14.6. The third kappa shape index (κ3) is 5.07. The lowest BCUT2D eigenvalue weighted by atomic mass is 10.1. The van der Waals surface area contributed by atoms with Crippen molar-refractivity contribution < 1.29 is 18.0 Å². The predicted octanol–water partition coefficient (Wildman–Crippen LogP) is 3.02. The fourth-order valence-corrected chi connectivity index (χ4v) is 6.41. The predicted molar refractivity (Wildman–Crippen MR) is 137 cm³/mol. The lowest BCUT2D eigenvalue weighted by Crippen LogP contribution is -2.49. The van der Waals surface area contributed by atoms with Crippen LogP contribution < -0.4 is 16.4 Å². The van der Waals surface area contributed by atoms with Gasteiger partial charge in [-0.05, 0) is 56.6 Å². The highest BCUT2D eigenvalue weighted by Gasteiger charge is 2.36. The molecule has 184 valence electrons. The van der Waals surface area contributed by atoms with Gasteiger partial charge in [-0.15, -0.1) is 0 Å². The van der Waals surface area contributed by atoms with Crippen LogP contribution in [0.3, 0.4) is 0 Å². The van der Waals surface area contributed by atoms with Crippen LogP contribution in [0.25, 0.3) is 10.8 Å². The monoisotopic (exact) mass is 494 g/mol. The number of carbonyl (C=O) groups excluding carboxylic acids is 2. The number of sulfonamides is 1. The Kier molecular flexibility index (Phi) is 7.49. The first kappa shape index (κ1) is 24.8. The molecule has 0 spiro atoms. The zero-order chi connectivity index (χ0) is 25.0. The highest BCUT2D eigenvalue weighted by Crippen LogP contribution is 2.33. The number of nitrogens with one attached hydrogen (secondary N) is 2. The van der Waals surface area contributed by atoms with Crippen molar-refractivity contribution in [3.05, 3.63) is 71.8 Å². The molecule has 1 saturated heterocycles. The molecule has 8 nitrogen and oxygen atoms in total. The van der Waals surface area contributed by atoms with Gasteiger partial charge in [-0.2, -0.15) is 0 Å². The molecule has 0 saturated carbocycles. The van der Waals surface area contributed by atoms with Crippen LogP contribution in [0.5, 0.6) is 0 Å². The van der Waals surface area contributed by atoms with Gasteiger partial charge in [0.2, 0.25) is 5.91 Å². The van der Waals surface area contributed by atoms with Gasteiger partial charge in [-0.1, -0.05) is 42.5 Å². The molecule has 4 rings (SSSR count). The van der Waals surface area contributed by atoms with Gasteiger partial charge in [0.15, 0.2) is 0 Å². The fraction of sp³-hybridized carbons (Fsp3) is 0.308. The molecule has 35 heavy (non-hydrogen) atoms. The van der Waals surface area contributed by atoms with Crippen LogP contribution in [0, 0.1) is 6.92 Å². The molecule has 0 unspecified atom stereocenters. The Balaban J connectivity index is 1.77. The molecular weight excluding hydrogens is 464 g/mol. The largest absolute Gasteiger partial charge is 0.330 e. The molecule has 4 N–H and O–H groups in total. The average Bonchev–Trinajstić information content (AvgIpc) is 2.85. The van der Waals surface area contributed by atoms with Gasteiger partial charge in [0.1, 0.15) is 0 Å². The SMILES string of the molecule is Cc1ccccc1C(=O)Nc1ccc(S(=O)(=O)N(C(=O)CCN)C2CCNCC2)c2ccccc12. The van der Waals surface area contributed by atoms with E-state index in [-0.39, 0.29) is 23.8 Å². The molecule has 1 fully saturated rings. The lowest BCUT2D eigenvalue weighted by molar-refractivity contribution is -0.128. The van der Waals surface area contributed by atoms with E-state index in [4.69, 9.17) is 5.73 Å². The van der Waals surface area contributed by atoms with Gasteiger partial charge < -0.3 is 16.4 Å². The number of benzene rings is 3. The average molecular weight is 495 g/mol. The van der Waals surface area contributed by atoms with Crippen LogP contribution in [-0.2, 0) is 14.8 Å². The molecule has 1 aliphatic rings. The van der Waals surface area contributed by atoms with E-state index in [2.05, 4.69) is 10.6 Å². The fourth-order valence-electron chi connectivity index (χ4n) is 4.54. The van der Waals surface area contributed by atoms with Crippen molar-refractivity contribution in [2.24, 2.45) is 5.73 Å². The summed E-state index contributed by atoms with van der Waals surface area (Å²) in [5, 5.41) is 7.14. The number of piperidine rings is 1. The van der Waals surface area contributed by atoms with Crippen molar-refractivity contribution in [2.45, 2.75) is 37.1 Å². The summed E-state index contributed by atoms with van der Waals surface area (Å²) in [7, 11) is -4.17. The molecule has 0 bridgehead atoms. The summed E-state index contributed by atoms with van der Waals surface area (Å²) < 4.78 is 28.9. The standard InChI is InChI=1S/C26H30N4O4S/c1-18-6-2-3-7-20(18)26(32)29-23-10-11-24(22-9-5-4-8-21(22)23)35(33,34)30(25(31)12-15-27)19-13-16-28-17-14-19/h2-11,19,28H,12-17,27H2,1H3,(H,29,32). The summed E-state index contributed by atoms with van der Waals surface area (Å²) in [5.41, 5.74) is 7.47. The number of rotatable bonds is 7. The van der Waals surface area contributed by atoms with Gasteiger partial charge in [-0.3, -0.25) is 9.59 Å². The van der Waals surface area contributed by atoms with E-state index in [9.17, 15) is 18.0 Å². The minimum atomic E-state index is -4.17. The smallest absolute Gasteiger partial charge is 0.267 e. The summed E-state index contributed by atoms with van der Waals surface area (Å²) in [4.78, 5) is 26.0. The van der Waals surface area contributed by atoms with Crippen molar-refractivity contribution in [1.82, 2.24) is 9.62 Å². The van der Waals surface area contributed by atoms with Gasteiger partial charge >= 0.3 is 0 Å². The van der Waals surface area contributed by atoms with Crippen molar-refractivity contribution in [2.75, 3.05) is 25.0 Å². The summed E-state index contributed by atoms with van der Waals surface area (Å²) >= 11 is 0. The van der Waals surface area contributed by atoms with Crippen molar-refractivity contribution in [1.29, 1.82) is 0 Å². The van der Waals surface area contributed by atoms with E-state index >= 15 is 0 Å². The van der Waals surface area contributed by atoms with Crippen LogP contribution in [0.4, 0.5) is 5.69 Å². The Morgan fingerprint density at radius 3 is 2.34 bits per heavy atom. The van der Waals surface area contributed by atoms with E-state index in [1.54, 1.807) is 42.5 Å². The minimum Gasteiger partial charge on any atom is -0.330 e. The number of carbonyl (C=O) groups is 2. The molecule has 9 heteroatoms. The molecule has 0 atom stereocenters.